The number of aromatic amines is 1. The van der Waals surface area contributed by atoms with E-state index in [0.29, 0.717) is 35.0 Å². The predicted molar refractivity (Wildman–Crippen MR) is 156 cm³/mol. The molecule has 9 nitrogen and oxygen atoms in total. The van der Waals surface area contributed by atoms with E-state index in [1.165, 1.54) is 11.3 Å². The third kappa shape index (κ3) is 6.74. The summed E-state index contributed by atoms with van der Waals surface area (Å²) in [6, 6.07) is 6.44. The van der Waals surface area contributed by atoms with Gasteiger partial charge in [-0.25, -0.2) is 4.98 Å². The van der Waals surface area contributed by atoms with Crippen molar-refractivity contribution in [1.82, 2.24) is 30.8 Å². The van der Waals surface area contributed by atoms with E-state index in [1.54, 1.807) is 18.2 Å². The zero-order chi connectivity index (χ0) is 27.0. The van der Waals surface area contributed by atoms with Gasteiger partial charge in [-0.1, -0.05) is 11.6 Å². The van der Waals surface area contributed by atoms with E-state index < -0.39 is 6.04 Å². The average Bonchev–Trinajstić information content (AvgIpc) is 3.48. The number of benzene rings is 1. The van der Waals surface area contributed by atoms with Crippen LogP contribution in [0.3, 0.4) is 0 Å². The molecule has 5 rings (SSSR count). The molecule has 1 aromatic carbocycles. The molecule has 0 bridgehead atoms. The van der Waals surface area contributed by atoms with Gasteiger partial charge in [-0.2, -0.15) is 0 Å². The number of nitrogens with zero attached hydrogens (tertiary/aromatic N) is 2. The van der Waals surface area contributed by atoms with Crippen LogP contribution >= 0.6 is 35.3 Å². The van der Waals surface area contributed by atoms with Gasteiger partial charge in [-0.05, 0) is 64.4 Å². The molecule has 1 fully saturated rings. The number of aromatic nitrogens is 2. The van der Waals surface area contributed by atoms with Crippen molar-refractivity contribution in [2.75, 3.05) is 13.6 Å². The summed E-state index contributed by atoms with van der Waals surface area (Å²) >= 11 is 7.54. The molecular formula is C27H34Cl2N6O3S. The predicted octanol–water partition coefficient (Wildman–Crippen LogP) is 3.91. The first-order chi connectivity index (χ1) is 18.2. The molecule has 1 aliphatic carbocycles. The molecule has 0 unspecified atom stereocenters. The average molecular weight is 594 g/mol. The lowest BCUT2D eigenvalue weighted by molar-refractivity contribution is -0.126. The third-order valence-electron chi connectivity index (χ3n) is 7.23. The molecule has 1 aliphatic heterocycles. The Bertz CT molecular complexity index is 1370. The smallest absolute Gasteiger partial charge is 0.280 e. The van der Waals surface area contributed by atoms with Gasteiger partial charge in [0.2, 0.25) is 5.91 Å². The van der Waals surface area contributed by atoms with Gasteiger partial charge in [0, 0.05) is 58.3 Å². The van der Waals surface area contributed by atoms with Crippen molar-refractivity contribution in [2.45, 2.75) is 64.2 Å². The van der Waals surface area contributed by atoms with Crippen LogP contribution in [0.4, 0.5) is 0 Å². The number of H-pyrrole nitrogens is 1. The second-order valence-electron chi connectivity index (χ2n) is 10.6. The topological polar surface area (TPSA) is 119 Å². The zero-order valence-electron chi connectivity index (χ0n) is 22.2. The molecule has 12 heteroatoms. The third-order valence-corrected chi connectivity index (χ3v) is 8.55. The second-order valence-corrected chi connectivity index (χ2v) is 12.1. The lowest BCUT2D eigenvalue weighted by Crippen LogP contribution is -2.56. The van der Waals surface area contributed by atoms with Crippen molar-refractivity contribution in [2.24, 2.45) is 5.92 Å². The number of carbonyl (C=O) groups excluding carboxylic acids is 3. The summed E-state index contributed by atoms with van der Waals surface area (Å²) in [4.78, 5) is 50.4. The SMILES string of the molecule is CC(C)NC(=O)[C@H]1CC[C@@H](NC(=O)c2nc3c(s2)CN(C)CC3)[C@@H](NC(=O)c2cc3cc(Cl)ccc3[nH]2)C1.Cl. The Kier molecular flexibility index (Phi) is 9.21. The number of nitrogens with one attached hydrogen (secondary N) is 4. The lowest BCUT2D eigenvalue weighted by atomic mass is 9.81. The van der Waals surface area contributed by atoms with Gasteiger partial charge < -0.3 is 25.8 Å². The normalized spacial score (nSPS) is 21.2. The lowest BCUT2D eigenvalue weighted by Gasteiger charge is -2.36. The molecule has 0 radical (unpaired) electrons. The Labute approximate surface area is 242 Å². The summed E-state index contributed by atoms with van der Waals surface area (Å²) in [5.74, 6) is -0.804. The van der Waals surface area contributed by atoms with Gasteiger partial charge in [-0.3, -0.25) is 14.4 Å². The van der Waals surface area contributed by atoms with Crippen LogP contribution in [-0.2, 0) is 17.8 Å². The van der Waals surface area contributed by atoms with E-state index in [4.69, 9.17) is 11.6 Å². The minimum absolute atomic E-state index is 0. The van der Waals surface area contributed by atoms with Crippen LogP contribution in [-0.4, -0.2) is 64.3 Å². The quantitative estimate of drug-likeness (QED) is 0.346. The van der Waals surface area contributed by atoms with E-state index in [0.717, 1.165) is 41.0 Å². The number of hydrogen-bond donors (Lipinski definition) is 4. The second kappa shape index (κ2) is 12.2. The van der Waals surface area contributed by atoms with Gasteiger partial charge in [0.05, 0.1) is 11.7 Å². The summed E-state index contributed by atoms with van der Waals surface area (Å²) < 4.78 is 0. The summed E-state index contributed by atoms with van der Waals surface area (Å²) in [7, 11) is 2.06. The number of fused-ring (bicyclic) bond motifs is 2. The van der Waals surface area contributed by atoms with Crippen LogP contribution in [0.5, 0.6) is 0 Å². The Morgan fingerprint density at radius 2 is 1.90 bits per heavy atom. The molecule has 0 saturated heterocycles. The first-order valence-electron chi connectivity index (χ1n) is 13.0. The number of likely N-dealkylation sites (N-methyl/N-ethyl adjacent to an activating group) is 1. The number of rotatable bonds is 6. The largest absolute Gasteiger partial charge is 0.354 e. The minimum Gasteiger partial charge on any atom is -0.354 e. The summed E-state index contributed by atoms with van der Waals surface area (Å²) in [6.07, 6.45) is 2.46. The molecule has 3 aromatic rings. The number of halogens is 2. The molecule has 4 N–H and O–H groups in total. The Morgan fingerprint density at radius 3 is 2.67 bits per heavy atom. The standard InChI is InChI=1S/C27H33ClN6O3S.ClH/c1-14(2)29-24(35)15-4-6-19(31-26(37)27-33-20-8-9-34(3)13-23(20)38-27)21(11-15)32-25(36)22-12-16-10-17(28)5-7-18(16)30-22;/h5,7,10,12,14-15,19,21,30H,4,6,8-9,11,13H2,1-3H3,(H,29,35)(H,31,37)(H,32,36);1H/t15-,19+,21-;/m0./s1. The minimum atomic E-state index is -0.418. The van der Waals surface area contributed by atoms with Gasteiger partial charge >= 0.3 is 0 Å². The van der Waals surface area contributed by atoms with E-state index in [9.17, 15) is 14.4 Å². The van der Waals surface area contributed by atoms with Crippen molar-refractivity contribution in [3.63, 3.8) is 0 Å². The molecule has 3 amide bonds. The molecule has 2 aliphatic rings. The number of amides is 3. The van der Waals surface area contributed by atoms with E-state index in [-0.39, 0.29) is 48.1 Å². The van der Waals surface area contributed by atoms with Crippen LogP contribution in [0.1, 0.15) is 64.0 Å². The molecule has 3 heterocycles. The monoisotopic (exact) mass is 592 g/mol. The van der Waals surface area contributed by atoms with Gasteiger partial charge in [0.15, 0.2) is 5.01 Å². The molecule has 2 aromatic heterocycles. The van der Waals surface area contributed by atoms with Crippen LogP contribution in [0.15, 0.2) is 24.3 Å². The molecule has 210 valence electrons. The maximum absolute atomic E-state index is 13.3. The fourth-order valence-electron chi connectivity index (χ4n) is 5.27. The summed E-state index contributed by atoms with van der Waals surface area (Å²) in [5, 5.41) is 11.1. The van der Waals surface area contributed by atoms with Crippen molar-refractivity contribution >= 4 is 64.0 Å². The zero-order valence-corrected chi connectivity index (χ0v) is 24.6. The highest BCUT2D eigenvalue weighted by molar-refractivity contribution is 7.13. The number of hydrogen-bond acceptors (Lipinski definition) is 6. The highest BCUT2D eigenvalue weighted by atomic mass is 35.5. The first kappa shape index (κ1) is 29.3. The van der Waals surface area contributed by atoms with E-state index in [1.807, 2.05) is 19.9 Å². The van der Waals surface area contributed by atoms with Crippen LogP contribution in [0, 0.1) is 5.92 Å². The Hall–Kier alpha value is -2.66. The van der Waals surface area contributed by atoms with Gasteiger partial charge in [-0.15, -0.1) is 23.7 Å². The molecule has 0 spiro atoms. The van der Waals surface area contributed by atoms with Gasteiger partial charge in [0.1, 0.15) is 5.69 Å². The van der Waals surface area contributed by atoms with E-state index >= 15 is 0 Å². The molecule has 39 heavy (non-hydrogen) atoms. The maximum atomic E-state index is 13.3. The molecule has 3 atom stereocenters. The van der Waals surface area contributed by atoms with Crippen LogP contribution in [0.25, 0.3) is 10.9 Å². The highest BCUT2D eigenvalue weighted by Crippen LogP contribution is 2.28. The summed E-state index contributed by atoms with van der Waals surface area (Å²) in [6.45, 7) is 5.58. The van der Waals surface area contributed by atoms with Crippen molar-refractivity contribution in [3.05, 3.63) is 50.6 Å². The fraction of sp³-hybridized carbons (Fsp3) is 0.481. The van der Waals surface area contributed by atoms with Crippen molar-refractivity contribution in [1.29, 1.82) is 0 Å². The summed E-state index contributed by atoms with van der Waals surface area (Å²) in [5.41, 5.74) is 2.20. The Balaban J connectivity index is 0.00000353. The van der Waals surface area contributed by atoms with Crippen molar-refractivity contribution < 1.29 is 14.4 Å². The maximum Gasteiger partial charge on any atom is 0.280 e. The van der Waals surface area contributed by atoms with Crippen LogP contribution in [0.2, 0.25) is 5.02 Å². The highest BCUT2D eigenvalue weighted by Gasteiger charge is 2.37. The first-order valence-corrected chi connectivity index (χ1v) is 14.2. The van der Waals surface area contributed by atoms with E-state index in [2.05, 4.69) is 37.9 Å². The number of thiazole rings is 1. The molecule has 1 saturated carbocycles. The Morgan fingerprint density at radius 1 is 1.13 bits per heavy atom. The van der Waals surface area contributed by atoms with Gasteiger partial charge in [0.25, 0.3) is 11.8 Å². The van der Waals surface area contributed by atoms with Crippen molar-refractivity contribution in [3.8, 4) is 0 Å². The fourth-order valence-corrected chi connectivity index (χ4v) is 6.54. The number of carbonyl (C=O) groups is 3. The molecular weight excluding hydrogens is 559 g/mol. The van der Waals surface area contributed by atoms with Crippen LogP contribution < -0.4 is 16.0 Å².